The molecule has 0 aliphatic carbocycles. The molecule has 2 aromatic heterocycles. The summed E-state index contributed by atoms with van der Waals surface area (Å²) in [5.41, 5.74) is -0.517. The number of carbonyl (C=O) groups excluding carboxylic acids is 1. The Balaban J connectivity index is 1.99. The fourth-order valence-electron chi connectivity index (χ4n) is 2.06. The fourth-order valence-corrected chi connectivity index (χ4v) is 2.06. The van der Waals surface area contributed by atoms with Crippen molar-refractivity contribution in [2.75, 3.05) is 19.8 Å². The molecule has 0 atom stereocenters. The summed E-state index contributed by atoms with van der Waals surface area (Å²) in [5.74, 6) is -0.533. The van der Waals surface area contributed by atoms with Crippen molar-refractivity contribution in [2.45, 2.75) is 19.3 Å². The van der Waals surface area contributed by atoms with E-state index >= 15 is 0 Å². The molecule has 148 valence electrons. The van der Waals surface area contributed by atoms with Crippen LogP contribution >= 0.6 is 0 Å². The lowest BCUT2D eigenvalue weighted by molar-refractivity contribution is -0.173. The maximum Gasteiger partial charge on any atom is 0.417 e. The lowest BCUT2D eigenvalue weighted by Gasteiger charge is -2.09. The number of carbonyl (C=O) groups is 1. The zero-order valence-electron chi connectivity index (χ0n) is 13.9. The third-order valence-electron chi connectivity index (χ3n) is 3.34. The van der Waals surface area contributed by atoms with Crippen LogP contribution in [-0.4, -0.2) is 46.6 Å². The first-order valence-electron chi connectivity index (χ1n) is 7.50. The molecule has 0 aromatic carbocycles. The van der Waals surface area contributed by atoms with Crippen molar-refractivity contribution in [3.05, 3.63) is 41.3 Å². The first-order chi connectivity index (χ1) is 12.5. The van der Waals surface area contributed by atoms with E-state index in [1.54, 1.807) is 0 Å². The van der Waals surface area contributed by atoms with Gasteiger partial charge in [-0.2, -0.15) is 31.4 Å². The molecule has 0 saturated carbocycles. The average molecular weight is 396 g/mol. The van der Waals surface area contributed by atoms with Crippen LogP contribution in [0.4, 0.5) is 26.3 Å². The number of rotatable bonds is 6. The second-order valence-electron chi connectivity index (χ2n) is 5.38. The van der Waals surface area contributed by atoms with Crippen LogP contribution in [0, 0.1) is 6.92 Å². The molecular weight excluding hydrogens is 382 g/mol. The SMILES string of the molecule is Cc1c(C(=O)NCCOCC(F)(F)F)cnn1-c1ccc(C(F)(F)F)cn1. The zero-order valence-corrected chi connectivity index (χ0v) is 13.9. The second kappa shape index (κ2) is 7.94. The Hall–Kier alpha value is -2.63. The molecule has 0 radical (unpaired) electrons. The van der Waals surface area contributed by atoms with E-state index in [4.69, 9.17) is 0 Å². The van der Waals surface area contributed by atoms with E-state index in [0.29, 0.717) is 11.9 Å². The molecule has 2 aromatic rings. The maximum atomic E-state index is 12.6. The van der Waals surface area contributed by atoms with Gasteiger partial charge in [-0.25, -0.2) is 9.67 Å². The third-order valence-corrected chi connectivity index (χ3v) is 3.34. The van der Waals surface area contributed by atoms with E-state index < -0.39 is 30.4 Å². The van der Waals surface area contributed by atoms with Crippen molar-refractivity contribution in [2.24, 2.45) is 0 Å². The van der Waals surface area contributed by atoms with Gasteiger partial charge in [0, 0.05) is 12.7 Å². The average Bonchev–Trinajstić information content (AvgIpc) is 2.94. The van der Waals surface area contributed by atoms with E-state index in [9.17, 15) is 31.1 Å². The molecule has 0 aliphatic rings. The number of alkyl halides is 6. The van der Waals surface area contributed by atoms with Crippen LogP contribution in [0.5, 0.6) is 0 Å². The number of halogens is 6. The van der Waals surface area contributed by atoms with Gasteiger partial charge < -0.3 is 10.1 Å². The lowest BCUT2D eigenvalue weighted by Crippen LogP contribution is -2.29. The molecule has 6 nitrogen and oxygen atoms in total. The van der Waals surface area contributed by atoms with Gasteiger partial charge in [0.1, 0.15) is 6.61 Å². The number of pyridine rings is 1. The normalized spacial score (nSPS) is 12.3. The number of amides is 1. The van der Waals surface area contributed by atoms with Crippen LogP contribution in [0.3, 0.4) is 0 Å². The first-order valence-corrected chi connectivity index (χ1v) is 7.50. The predicted octanol–water partition coefficient (Wildman–Crippen LogP) is 2.90. The van der Waals surface area contributed by atoms with Gasteiger partial charge in [0.2, 0.25) is 0 Å². The Kier molecular flexibility index (Phi) is 6.08. The third kappa shape index (κ3) is 5.67. The quantitative estimate of drug-likeness (QED) is 0.602. The minimum absolute atomic E-state index is 0.0769. The summed E-state index contributed by atoms with van der Waals surface area (Å²) >= 11 is 0. The Morgan fingerprint density at radius 2 is 1.89 bits per heavy atom. The molecule has 0 bridgehead atoms. The Labute approximate surface area is 149 Å². The molecule has 1 amide bonds. The highest BCUT2D eigenvalue weighted by Gasteiger charge is 2.31. The maximum absolute atomic E-state index is 12.6. The van der Waals surface area contributed by atoms with Crippen LogP contribution in [0.15, 0.2) is 24.5 Å². The van der Waals surface area contributed by atoms with Crippen LogP contribution in [0.1, 0.15) is 21.6 Å². The van der Waals surface area contributed by atoms with Gasteiger partial charge in [-0.05, 0) is 19.1 Å². The summed E-state index contributed by atoms with van der Waals surface area (Å²) in [6.45, 7) is -0.405. The number of nitrogens with zero attached hydrogens (tertiary/aromatic N) is 3. The van der Waals surface area contributed by atoms with Crippen LogP contribution in [0.25, 0.3) is 5.82 Å². The predicted molar refractivity (Wildman–Crippen MR) is 80.3 cm³/mol. The molecule has 2 rings (SSSR count). The van der Waals surface area contributed by atoms with E-state index in [-0.39, 0.29) is 24.5 Å². The van der Waals surface area contributed by atoms with Crippen molar-refractivity contribution in [3.63, 3.8) is 0 Å². The van der Waals surface area contributed by atoms with E-state index in [2.05, 4.69) is 20.1 Å². The van der Waals surface area contributed by atoms with Gasteiger partial charge in [0.15, 0.2) is 5.82 Å². The van der Waals surface area contributed by atoms with Crippen molar-refractivity contribution in [1.82, 2.24) is 20.1 Å². The molecule has 0 saturated heterocycles. The van der Waals surface area contributed by atoms with Gasteiger partial charge in [0.05, 0.1) is 29.6 Å². The molecular formula is C15H14F6N4O2. The molecule has 1 N–H and O–H groups in total. The molecule has 0 aliphatic heterocycles. The molecule has 2 heterocycles. The lowest BCUT2D eigenvalue weighted by atomic mass is 10.2. The van der Waals surface area contributed by atoms with Crippen molar-refractivity contribution in [3.8, 4) is 5.82 Å². The summed E-state index contributed by atoms with van der Waals surface area (Å²) in [4.78, 5) is 15.7. The standard InChI is InChI=1S/C15H14F6N4O2/c1-9-11(13(26)22-4-5-27-8-14(16,17)18)7-24-25(9)12-3-2-10(6-23-12)15(19,20)21/h2-3,6-7H,4-5,8H2,1H3,(H,22,26). The largest absolute Gasteiger partial charge is 0.417 e. The molecule has 27 heavy (non-hydrogen) atoms. The summed E-state index contributed by atoms with van der Waals surface area (Å²) in [7, 11) is 0. The number of hydrogen-bond donors (Lipinski definition) is 1. The summed E-state index contributed by atoms with van der Waals surface area (Å²) < 4.78 is 79.0. The number of nitrogens with one attached hydrogen (secondary N) is 1. The fraction of sp³-hybridized carbons (Fsp3) is 0.400. The minimum Gasteiger partial charge on any atom is -0.370 e. The highest BCUT2D eigenvalue weighted by molar-refractivity contribution is 5.95. The molecule has 0 spiro atoms. The van der Waals surface area contributed by atoms with E-state index in [1.165, 1.54) is 17.8 Å². The number of hydrogen-bond acceptors (Lipinski definition) is 4. The number of aromatic nitrogens is 3. The monoisotopic (exact) mass is 396 g/mol. The van der Waals surface area contributed by atoms with Crippen LogP contribution in [-0.2, 0) is 10.9 Å². The highest BCUT2D eigenvalue weighted by atomic mass is 19.4. The summed E-state index contributed by atoms with van der Waals surface area (Å²) in [6.07, 6.45) is -7.14. The highest BCUT2D eigenvalue weighted by Crippen LogP contribution is 2.28. The molecule has 0 fully saturated rings. The smallest absolute Gasteiger partial charge is 0.370 e. The van der Waals surface area contributed by atoms with Gasteiger partial charge in [-0.15, -0.1) is 0 Å². The van der Waals surface area contributed by atoms with E-state index in [0.717, 1.165) is 12.1 Å². The minimum atomic E-state index is -4.52. The van der Waals surface area contributed by atoms with Gasteiger partial charge in [0.25, 0.3) is 5.91 Å². The molecule has 0 unspecified atom stereocenters. The van der Waals surface area contributed by atoms with E-state index in [1.807, 2.05) is 0 Å². The van der Waals surface area contributed by atoms with Crippen molar-refractivity contribution < 1.29 is 35.9 Å². The summed E-state index contributed by atoms with van der Waals surface area (Å²) in [5, 5.41) is 6.27. The zero-order chi connectivity index (χ0) is 20.2. The van der Waals surface area contributed by atoms with Gasteiger partial charge in [-0.1, -0.05) is 0 Å². The first kappa shape index (κ1) is 20.7. The van der Waals surface area contributed by atoms with Crippen LogP contribution < -0.4 is 5.32 Å². The van der Waals surface area contributed by atoms with Gasteiger partial charge in [-0.3, -0.25) is 4.79 Å². The summed E-state index contributed by atoms with van der Waals surface area (Å²) in [6, 6.07) is 1.94. The van der Waals surface area contributed by atoms with Gasteiger partial charge >= 0.3 is 12.4 Å². The second-order valence-corrected chi connectivity index (χ2v) is 5.38. The Morgan fingerprint density at radius 1 is 1.19 bits per heavy atom. The molecule has 12 heteroatoms. The van der Waals surface area contributed by atoms with Crippen molar-refractivity contribution >= 4 is 5.91 Å². The number of ether oxygens (including phenoxy) is 1. The Morgan fingerprint density at radius 3 is 2.44 bits per heavy atom. The van der Waals surface area contributed by atoms with Crippen molar-refractivity contribution in [1.29, 1.82) is 0 Å². The Bertz CT molecular complexity index is 783. The van der Waals surface area contributed by atoms with Crippen LogP contribution in [0.2, 0.25) is 0 Å². The topological polar surface area (TPSA) is 69.0 Å².